The molecule has 0 aromatic heterocycles. The van der Waals surface area contributed by atoms with Crippen LogP contribution in [0.1, 0.15) is 18.4 Å². The van der Waals surface area contributed by atoms with Crippen molar-refractivity contribution in [3.05, 3.63) is 65.2 Å². The van der Waals surface area contributed by atoms with Crippen molar-refractivity contribution >= 4 is 33.3 Å². The van der Waals surface area contributed by atoms with E-state index in [1.807, 2.05) is 36.4 Å². The molecule has 0 unspecified atom stereocenters. The van der Waals surface area contributed by atoms with Gasteiger partial charge < -0.3 is 10.2 Å². The molecule has 8 heteroatoms. The zero-order valence-electron chi connectivity index (χ0n) is 16.0. The van der Waals surface area contributed by atoms with E-state index < -0.39 is 15.3 Å². The zero-order chi connectivity index (χ0) is 20.4. The number of urea groups is 1. The maximum absolute atomic E-state index is 13.1. The Labute approximate surface area is 176 Å². The van der Waals surface area contributed by atoms with E-state index in [-0.39, 0.29) is 11.9 Å². The third-order valence-corrected chi connectivity index (χ3v) is 8.48. The van der Waals surface area contributed by atoms with Crippen LogP contribution in [0.2, 0.25) is 5.02 Å². The van der Waals surface area contributed by atoms with Crippen LogP contribution in [0.4, 0.5) is 10.5 Å². The first-order chi connectivity index (χ1) is 13.9. The molecule has 0 aliphatic carbocycles. The number of nitrogens with one attached hydrogen (secondary N) is 1. The summed E-state index contributed by atoms with van der Waals surface area (Å²) in [5.74, 6) is 0.0434. The molecule has 29 heavy (non-hydrogen) atoms. The van der Waals surface area contributed by atoms with Crippen LogP contribution in [-0.2, 0) is 16.6 Å². The van der Waals surface area contributed by atoms with Crippen molar-refractivity contribution in [3.8, 4) is 0 Å². The number of rotatable bonds is 3. The maximum atomic E-state index is 13.1. The highest BCUT2D eigenvalue weighted by Gasteiger charge is 2.47. The summed E-state index contributed by atoms with van der Waals surface area (Å²) in [6, 6.07) is 16.5. The number of carbonyl (C=O) groups excluding carboxylic acids is 1. The molecule has 2 saturated heterocycles. The Morgan fingerprint density at radius 3 is 2.48 bits per heavy atom. The summed E-state index contributed by atoms with van der Waals surface area (Å²) in [5, 5.41) is 2.88. The van der Waals surface area contributed by atoms with Crippen LogP contribution in [0.25, 0.3) is 0 Å². The van der Waals surface area contributed by atoms with Gasteiger partial charge in [-0.25, -0.2) is 13.2 Å². The number of benzene rings is 2. The molecule has 154 valence electrons. The van der Waals surface area contributed by atoms with Crippen molar-refractivity contribution in [2.75, 3.05) is 25.0 Å². The topological polar surface area (TPSA) is 69.7 Å². The van der Waals surface area contributed by atoms with Crippen molar-refractivity contribution in [1.82, 2.24) is 9.21 Å². The molecular weight excluding hydrogens is 410 g/mol. The molecule has 2 aliphatic rings. The number of anilines is 1. The predicted octanol–water partition coefficient (Wildman–Crippen LogP) is 3.80. The lowest BCUT2D eigenvalue weighted by molar-refractivity contribution is 0.212. The number of sulfonamides is 1. The number of amides is 2. The number of para-hydroxylation sites is 1. The van der Waals surface area contributed by atoms with Crippen LogP contribution in [0.15, 0.2) is 54.6 Å². The smallest absolute Gasteiger partial charge is 0.321 e. The van der Waals surface area contributed by atoms with Gasteiger partial charge in [-0.15, -0.1) is 0 Å². The normalized spacial score (nSPS) is 24.0. The minimum atomic E-state index is -3.37. The largest absolute Gasteiger partial charge is 0.324 e. The number of carbonyl (C=O) groups is 1. The molecule has 2 fully saturated rings. The number of halogens is 1. The van der Waals surface area contributed by atoms with E-state index in [4.69, 9.17) is 11.6 Å². The number of likely N-dealkylation sites (tertiary alicyclic amines) is 1. The van der Waals surface area contributed by atoms with Gasteiger partial charge in [0.1, 0.15) is 0 Å². The molecule has 0 spiro atoms. The first-order valence-corrected chi connectivity index (χ1v) is 11.7. The van der Waals surface area contributed by atoms with Gasteiger partial charge in [-0.2, -0.15) is 4.31 Å². The first-order valence-electron chi connectivity index (χ1n) is 9.78. The van der Waals surface area contributed by atoms with E-state index in [2.05, 4.69) is 5.32 Å². The molecule has 1 N–H and O–H groups in total. The van der Waals surface area contributed by atoms with E-state index >= 15 is 0 Å². The molecule has 2 amide bonds. The van der Waals surface area contributed by atoms with E-state index in [0.717, 1.165) is 5.56 Å². The summed E-state index contributed by atoms with van der Waals surface area (Å²) in [4.78, 5) is 14.3. The van der Waals surface area contributed by atoms with Crippen LogP contribution in [-0.4, -0.2) is 48.5 Å². The molecule has 2 atom stereocenters. The SMILES string of the molecule is O=C(Nc1ccccc1Cl)N1CC[C@@H]2CN(Cc3ccccc3)S(=O)(=O)[C@@H]2CC1. The van der Waals surface area contributed by atoms with Gasteiger partial charge in [0.25, 0.3) is 0 Å². The van der Waals surface area contributed by atoms with Gasteiger partial charge in [0.05, 0.1) is 16.0 Å². The van der Waals surface area contributed by atoms with Gasteiger partial charge in [-0.05, 0) is 36.5 Å². The molecule has 0 saturated carbocycles. The lowest BCUT2D eigenvalue weighted by atomic mass is 10.0. The fourth-order valence-electron chi connectivity index (χ4n) is 4.20. The molecule has 4 rings (SSSR count). The van der Waals surface area contributed by atoms with E-state index in [9.17, 15) is 13.2 Å². The second kappa shape index (κ2) is 8.34. The highest BCUT2D eigenvalue weighted by Crippen LogP contribution is 2.35. The molecule has 2 heterocycles. The van der Waals surface area contributed by atoms with Gasteiger partial charge >= 0.3 is 6.03 Å². The molecule has 2 aromatic carbocycles. The predicted molar refractivity (Wildman–Crippen MR) is 114 cm³/mol. The average Bonchev–Trinajstić information content (AvgIpc) is 2.85. The number of fused-ring (bicyclic) bond motifs is 1. The first kappa shape index (κ1) is 20.2. The van der Waals surface area contributed by atoms with Crippen molar-refractivity contribution < 1.29 is 13.2 Å². The highest BCUT2D eigenvalue weighted by atomic mass is 35.5. The van der Waals surface area contributed by atoms with Gasteiger partial charge in [0.2, 0.25) is 10.0 Å². The summed E-state index contributed by atoms with van der Waals surface area (Å²) in [6.45, 7) is 1.87. The van der Waals surface area contributed by atoms with Crippen molar-refractivity contribution in [3.63, 3.8) is 0 Å². The third kappa shape index (κ3) is 4.27. The van der Waals surface area contributed by atoms with Gasteiger partial charge in [-0.3, -0.25) is 0 Å². The fraction of sp³-hybridized carbons (Fsp3) is 0.381. The lowest BCUT2D eigenvalue weighted by Gasteiger charge is -2.23. The van der Waals surface area contributed by atoms with E-state index in [1.54, 1.807) is 27.4 Å². The van der Waals surface area contributed by atoms with Gasteiger partial charge in [-0.1, -0.05) is 54.1 Å². The second-order valence-corrected chi connectivity index (χ2v) is 10.2. The molecule has 6 nitrogen and oxygen atoms in total. The molecule has 0 bridgehead atoms. The Kier molecular flexibility index (Phi) is 5.81. The second-order valence-electron chi connectivity index (χ2n) is 7.60. The summed E-state index contributed by atoms with van der Waals surface area (Å²) in [7, 11) is -3.37. The maximum Gasteiger partial charge on any atom is 0.321 e. The molecule has 0 radical (unpaired) electrons. The molecular formula is C21H24ClN3O3S. The van der Waals surface area contributed by atoms with Gasteiger partial charge in [0.15, 0.2) is 0 Å². The Bertz CT molecular complexity index is 984. The van der Waals surface area contributed by atoms with Crippen LogP contribution < -0.4 is 5.32 Å². The lowest BCUT2D eigenvalue weighted by Crippen LogP contribution is -2.37. The van der Waals surface area contributed by atoms with Crippen LogP contribution in [0.5, 0.6) is 0 Å². The summed E-state index contributed by atoms with van der Waals surface area (Å²) in [6.07, 6.45) is 1.12. The van der Waals surface area contributed by atoms with Crippen LogP contribution in [0, 0.1) is 5.92 Å². The summed E-state index contributed by atoms with van der Waals surface area (Å²) >= 11 is 6.12. The van der Waals surface area contributed by atoms with Crippen molar-refractivity contribution in [1.29, 1.82) is 0 Å². The Hall–Kier alpha value is -2.09. The molecule has 2 aliphatic heterocycles. The Morgan fingerprint density at radius 1 is 1.03 bits per heavy atom. The summed E-state index contributed by atoms with van der Waals surface area (Å²) in [5.41, 5.74) is 1.55. The van der Waals surface area contributed by atoms with Crippen molar-refractivity contribution in [2.24, 2.45) is 5.92 Å². The van der Waals surface area contributed by atoms with Crippen LogP contribution in [0.3, 0.4) is 0 Å². The number of hydrogen-bond acceptors (Lipinski definition) is 3. The quantitative estimate of drug-likeness (QED) is 0.800. The van der Waals surface area contributed by atoms with E-state index in [0.29, 0.717) is 49.7 Å². The van der Waals surface area contributed by atoms with Gasteiger partial charge in [0, 0.05) is 26.2 Å². The van der Waals surface area contributed by atoms with Crippen molar-refractivity contribution in [2.45, 2.75) is 24.6 Å². The zero-order valence-corrected chi connectivity index (χ0v) is 17.6. The van der Waals surface area contributed by atoms with Crippen LogP contribution >= 0.6 is 11.6 Å². The Morgan fingerprint density at radius 2 is 1.72 bits per heavy atom. The Balaban J connectivity index is 1.41. The number of nitrogens with zero attached hydrogens (tertiary/aromatic N) is 2. The van der Waals surface area contributed by atoms with E-state index in [1.165, 1.54) is 0 Å². The minimum Gasteiger partial charge on any atom is -0.324 e. The highest BCUT2D eigenvalue weighted by molar-refractivity contribution is 7.90. The standard InChI is InChI=1S/C21H24ClN3O3S/c22-18-8-4-5-9-19(18)23-21(26)24-12-10-17-15-25(14-16-6-2-1-3-7-16)29(27,28)20(17)11-13-24/h1-9,17,20H,10-15H2,(H,23,26)/t17-,20-/m1/s1. The molecule has 2 aromatic rings. The monoisotopic (exact) mass is 433 g/mol. The number of hydrogen-bond donors (Lipinski definition) is 1. The average molecular weight is 434 g/mol. The third-order valence-electron chi connectivity index (χ3n) is 5.76. The fourth-order valence-corrected chi connectivity index (χ4v) is 6.60. The summed E-state index contributed by atoms with van der Waals surface area (Å²) < 4.78 is 27.8. The minimum absolute atomic E-state index is 0.0434.